The van der Waals surface area contributed by atoms with Crippen molar-refractivity contribution in [3.8, 4) is 0 Å². The summed E-state index contributed by atoms with van der Waals surface area (Å²) in [5.74, 6) is 0.624. The minimum Gasteiger partial charge on any atom is -0.352 e. The number of sulfonamides is 1. The molecule has 3 rings (SSSR count). The molecule has 0 bridgehead atoms. The van der Waals surface area contributed by atoms with Gasteiger partial charge in [-0.1, -0.05) is 24.3 Å². The van der Waals surface area contributed by atoms with Crippen LogP contribution in [0.3, 0.4) is 0 Å². The molecule has 1 aromatic carbocycles. The van der Waals surface area contributed by atoms with Crippen molar-refractivity contribution in [3.05, 3.63) is 70.9 Å². The molecule has 0 aliphatic carbocycles. The molecule has 0 unspecified atom stereocenters. The van der Waals surface area contributed by atoms with Crippen LogP contribution >= 0.6 is 11.3 Å². The summed E-state index contributed by atoms with van der Waals surface area (Å²) < 4.78 is 24.8. The van der Waals surface area contributed by atoms with E-state index in [-0.39, 0.29) is 4.21 Å². The van der Waals surface area contributed by atoms with Gasteiger partial charge in [-0.3, -0.25) is 9.67 Å². The maximum absolute atomic E-state index is 11.4. The van der Waals surface area contributed by atoms with Crippen molar-refractivity contribution < 1.29 is 8.42 Å². The molecule has 3 aromatic rings. The van der Waals surface area contributed by atoms with E-state index in [1.54, 1.807) is 19.3 Å². The van der Waals surface area contributed by atoms with Gasteiger partial charge in [-0.25, -0.2) is 13.6 Å². The van der Waals surface area contributed by atoms with E-state index in [1.165, 1.54) is 11.6 Å². The van der Waals surface area contributed by atoms with Gasteiger partial charge in [-0.15, -0.1) is 11.3 Å². The number of aromatic nitrogens is 2. The summed E-state index contributed by atoms with van der Waals surface area (Å²) in [5, 5.41) is 15.9. The summed E-state index contributed by atoms with van der Waals surface area (Å²) in [7, 11) is -1.97. The van der Waals surface area contributed by atoms with E-state index in [0.29, 0.717) is 25.6 Å². The molecule has 10 heteroatoms. The van der Waals surface area contributed by atoms with E-state index < -0.39 is 10.0 Å². The second kappa shape index (κ2) is 9.00. The first kappa shape index (κ1) is 20.1. The second-order valence-corrected chi connectivity index (χ2v) is 8.97. The first-order chi connectivity index (χ1) is 13.5. The third kappa shape index (κ3) is 5.41. The number of hydrogen-bond acceptors (Lipinski definition) is 5. The Hall–Kier alpha value is -2.69. The molecule has 0 atom stereocenters. The van der Waals surface area contributed by atoms with Crippen molar-refractivity contribution in [2.45, 2.75) is 23.8 Å². The highest BCUT2D eigenvalue weighted by atomic mass is 32.2. The van der Waals surface area contributed by atoms with Crippen molar-refractivity contribution in [2.75, 3.05) is 7.05 Å². The third-order valence-electron chi connectivity index (χ3n) is 4.03. The zero-order valence-corrected chi connectivity index (χ0v) is 17.0. The van der Waals surface area contributed by atoms with Crippen LogP contribution in [0.1, 0.15) is 16.0 Å². The van der Waals surface area contributed by atoms with Crippen molar-refractivity contribution in [2.24, 2.45) is 10.1 Å². The fraction of sp³-hybridized carbons (Fsp3) is 0.222. The Bertz CT molecular complexity index is 1040. The maximum Gasteiger partial charge on any atom is 0.247 e. The average Bonchev–Trinajstić information content (AvgIpc) is 3.34. The minimum atomic E-state index is -3.66. The van der Waals surface area contributed by atoms with Crippen LogP contribution in [0.25, 0.3) is 0 Å². The van der Waals surface area contributed by atoms with E-state index in [1.807, 2.05) is 29.1 Å². The molecular formula is C18H22N6O2S2. The predicted octanol–water partition coefficient (Wildman–Crippen LogP) is 1.51. The number of hydrogen-bond donors (Lipinski definition) is 3. The fourth-order valence-corrected chi connectivity index (χ4v) is 4.35. The Balaban J connectivity index is 1.58. The zero-order chi connectivity index (χ0) is 20.0. The van der Waals surface area contributed by atoms with Gasteiger partial charge < -0.3 is 10.6 Å². The molecule has 0 amide bonds. The van der Waals surface area contributed by atoms with Gasteiger partial charge in [0.05, 0.1) is 13.1 Å². The van der Waals surface area contributed by atoms with Gasteiger partial charge in [-0.2, -0.15) is 5.10 Å². The Morgan fingerprint density at radius 3 is 2.54 bits per heavy atom. The van der Waals surface area contributed by atoms with Crippen LogP contribution in [0.2, 0.25) is 0 Å². The Labute approximate surface area is 168 Å². The minimum absolute atomic E-state index is 0.153. The van der Waals surface area contributed by atoms with Crippen molar-refractivity contribution in [1.29, 1.82) is 0 Å². The molecule has 0 aliphatic heterocycles. The lowest BCUT2D eigenvalue weighted by Crippen LogP contribution is -2.36. The van der Waals surface area contributed by atoms with Crippen LogP contribution in [-0.2, 0) is 29.7 Å². The lowest BCUT2D eigenvalue weighted by Gasteiger charge is -2.14. The van der Waals surface area contributed by atoms with E-state index in [0.717, 1.165) is 21.8 Å². The first-order valence-corrected chi connectivity index (χ1v) is 10.9. The first-order valence-electron chi connectivity index (χ1n) is 8.56. The van der Waals surface area contributed by atoms with Crippen molar-refractivity contribution >= 4 is 27.3 Å². The maximum atomic E-state index is 11.4. The Morgan fingerprint density at radius 1 is 1.14 bits per heavy atom. The lowest BCUT2D eigenvalue weighted by atomic mass is 10.1. The molecule has 0 saturated carbocycles. The largest absolute Gasteiger partial charge is 0.352 e. The van der Waals surface area contributed by atoms with Crippen molar-refractivity contribution in [3.63, 3.8) is 0 Å². The van der Waals surface area contributed by atoms with E-state index in [4.69, 9.17) is 5.14 Å². The highest BCUT2D eigenvalue weighted by Gasteiger charge is 2.11. The number of benzene rings is 1. The van der Waals surface area contributed by atoms with Crippen LogP contribution in [0.4, 0.5) is 0 Å². The van der Waals surface area contributed by atoms with E-state index >= 15 is 0 Å². The number of nitrogens with zero attached hydrogens (tertiary/aromatic N) is 3. The van der Waals surface area contributed by atoms with Gasteiger partial charge in [0.1, 0.15) is 4.21 Å². The SMILES string of the molecule is CN=C(NCc1ccc(S(N)(=O)=O)s1)NCc1ccccc1Cn1cccn1. The Kier molecular flexibility index (Phi) is 6.45. The van der Waals surface area contributed by atoms with Gasteiger partial charge in [0.25, 0.3) is 0 Å². The summed E-state index contributed by atoms with van der Waals surface area (Å²) in [6.45, 7) is 1.75. The molecular weight excluding hydrogens is 396 g/mol. The highest BCUT2D eigenvalue weighted by Crippen LogP contribution is 2.19. The third-order valence-corrected chi connectivity index (χ3v) is 6.55. The fourth-order valence-electron chi connectivity index (χ4n) is 2.63. The molecule has 2 aromatic heterocycles. The number of guanidine groups is 1. The monoisotopic (exact) mass is 418 g/mol. The average molecular weight is 419 g/mol. The standard InChI is InChI=1S/C18H22N6O2S2/c1-20-18(22-12-16-7-8-17(27-16)28(19,25)26)21-11-14-5-2-3-6-15(14)13-24-10-4-9-23-24/h2-10H,11-13H2,1H3,(H2,19,25,26)(H2,20,21,22). The van der Waals surface area contributed by atoms with Crippen LogP contribution in [0, 0.1) is 0 Å². The number of nitrogens with one attached hydrogen (secondary N) is 2. The van der Waals surface area contributed by atoms with E-state index in [2.05, 4.69) is 32.9 Å². The quantitative estimate of drug-likeness (QED) is 0.397. The van der Waals surface area contributed by atoms with Gasteiger partial charge in [0, 0.05) is 30.9 Å². The molecule has 0 saturated heterocycles. The van der Waals surface area contributed by atoms with Gasteiger partial charge >= 0.3 is 0 Å². The summed E-state index contributed by atoms with van der Waals surface area (Å²) in [4.78, 5) is 5.07. The van der Waals surface area contributed by atoms with Crippen LogP contribution in [0.15, 0.2) is 64.1 Å². The van der Waals surface area contributed by atoms with Crippen LogP contribution in [-0.4, -0.2) is 31.2 Å². The van der Waals surface area contributed by atoms with Gasteiger partial charge in [0.2, 0.25) is 10.0 Å². The summed E-state index contributed by atoms with van der Waals surface area (Å²) in [6.07, 6.45) is 3.69. The molecule has 28 heavy (non-hydrogen) atoms. The summed E-state index contributed by atoms with van der Waals surface area (Å²) in [6, 6.07) is 13.3. The van der Waals surface area contributed by atoms with Crippen LogP contribution < -0.4 is 15.8 Å². The van der Waals surface area contributed by atoms with Gasteiger partial charge in [0.15, 0.2) is 5.96 Å². The molecule has 0 radical (unpaired) electrons. The van der Waals surface area contributed by atoms with Gasteiger partial charge in [-0.05, 0) is 29.3 Å². The molecule has 0 fully saturated rings. The number of aliphatic imine (C=N–C) groups is 1. The topological polar surface area (TPSA) is 114 Å². The number of thiophene rings is 1. The summed E-state index contributed by atoms with van der Waals surface area (Å²) >= 11 is 1.14. The van der Waals surface area contributed by atoms with E-state index in [9.17, 15) is 8.42 Å². The molecule has 2 heterocycles. The van der Waals surface area contributed by atoms with Crippen molar-refractivity contribution in [1.82, 2.24) is 20.4 Å². The molecule has 148 valence electrons. The molecule has 0 spiro atoms. The number of primary sulfonamides is 1. The number of rotatable bonds is 7. The molecule has 8 nitrogen and oxygen atoms in total. The smallest absolute Gasteiger partial charge is 0.247 e. The Morgan fingerprint density at radius 2 is 1.89 bits per heavy atom. The number of nitrogens with two attached hydrogens (primary N) is 1. The molecule has 4 N–H and O–H groups in total. The zero-order valence-electron chi connectivity index (χ0n) is 15.4. The lowest BCUT2D eigenvalue weighted by molar-refractivity contribution is 0.600. The normalized spacial score (nSPS) is 12.1. The highest BCUT2D eigenvalue weighted by molar-refractivity contribution is 7.91. The second-order valence-electron chi connectivity index (χ2n) is 6.02. The summed E-state index contributed by atoms with van der Waals surface area (Å²) in [5.41, 5.74) is 2.32. The van der Waals surface area contributed by atoms with Crippen LogP contribution in [0.5, 0.6) is 0 Å². The predicted molar refractivity (Wildman–Crippen MR) is 111 cm³/mol. The molecule has 0 aliphatic rings.